The molecule has 0 aliphatic carbocycles. The molecule has 0 spiro atoms. The summed E-state index contributed by atoms with van der Waals surface area (Å²) in [5.41, 5.74) is 2.70. The smallest absolute Gasteiger partial charge is 0.120 e. The molecule has 25 heavy (non-hydrogen) atoms. The van der Waals surface area contributed by atoms with Gasteiger partial charge in [-0.15, -0.1) is 0 Å². The molecule has 1 N–H and O–H groups in total. The number of hydrogen-bond donors (Lipinski definition) is 1. The van der Waals surface area contributed by atoms with E-state index in [4.69, 9.17) is 16.3 Å². The highest BCUT2D eigenvalue weighted by molar-refractivity contribution is 6.30. The molecule has 2 nitrogen and oxygen atoms in total. The van der Waals surface area contributed by atoms with Gasteiger partial charge in [0.05, 0.1) is 0 Å². The molecule has 0 aliphatic heterocycles. The first-order chi connectivity index (χ1) is 11.6. The van der Waals surface area contributed by atoms with Gasteiger partial charge in [-0.25, -0.2) is 0 Å². The van der Waals surface area contributed by atoms with Gasteiger partial charge in [0.1, 0.15) is 12.4 Å². The Morgan fingerprint density at radius 3 is 2.28 bits per heavy atom. The van der Waals surface area contributed by atoms with Gasteiger partial charge >= 0.3 is 0 Å². The largest absolute Gasteiger partial charge is 0.489 e. The van der Waals surface area contributed by atoms with E-state index in [-0.39, 0.29) is 5.54 Å². The average molecular weight is 360 g/mol. The molecule has 0 radical (unpaired) electrons. The summed E-state index contributed by atoms with van der Waals surface area (Å²) in [4.78, 5) is 0. The first-order valence-corrected chi connectivity index (χ1v) is 9.22. The molecule has 0 heterocycles. The SMILES string of the molecule is CC(C)(C)CC(C)(C)NCc1cccc(OCc2cccc(Cl)c2)c1. The monoisotopic (exact) mass is 359 g/mol. The van der Waals surface area contributed by atoms with Crippen LogP contribution in [0.4, 0.5) is 0 Å². The lowest BCUT2D eigenvalue weighted by Gasteiger charge is -2.33. The van der Waals surface area contributed by atoms with Crippen LogP contribution in [0, 0.1) is 5.41 Å². The molecule has 0 aromatic heterocycles. The molecule has 0 atom stereocenters. The minimum atomic E-state index is 0.0932. The Hall–Kier alpha value is -1.51. The van der Waals surface area contributed by atoms with Gasteiger partial charge in [0.2, 0.25) is 0 Å². The molecule has 0 unspecified atom stereocenters. The van der Waals surface area contributed by atoms with Crippen LogP contribution >= 0.6 is 11.6 Å². The van der Waals surface area contributed by atoms with Crippen LogP contribution in [0.3, 0.4) is 0 Å². The number of halogens is 1. The van der Waals surface area contributed by atoms with Crippen molar-refractivity contribution in [3.8, 4) is 5.75 Å². The van der Waals surface area contributed by atoms with Crippen molar-refractivity contribution in [3.05, 3.63) is 64.7 Å². The van der Waals surface area contributed by atoms with Crippen molar-refractivity contribution in [2.75, 3.05) is 0 Å². The average Bonchev–Trinajstić information content (AvgIpc) is 2.49. The molecule has 0 amide bonds. The Bertz CT molecular complexity index is 688. The van der Waals surface area contributed by atoms with E-state index in [1.165, 1.54) is 5.56 Å². The lowest BCUT2D eigenvalue weighted by atomic mass is 9.82. The Labute approximate surface area is 157 Å². The standard InChI is InChI=1S/C22H30ClNO/c1-21(2,3)16-22(4,5)24-14-17-8-7-11-20(13-17)25-15-18-9-6-10-19(23)12-18/h6-13,24H,14-16H2,1-5H3. The van der Waals surface area contributed by atoms with E-state index < -0.39 is 0 Å². The van der Waals surface area contributed by atoms with Gasteiger partial charge in [-0.05, 0) is 61.1 Å². The molecule has 0 fully saturated rings. The fraction of sp³-hybridized carbons (Fsp3) is 0.455. The van der Waals surface area contributed by atoms with Gasteiger partial charge in [-0.3, -0.25) is 0 Å². The van der Waals surface area contributed by atoms with Crippen molar-refractivity contribution in [2.24, 2.45) is 5.41 Å². The third-order valence-electron chi connectivity index (χ3n) is 3.94. The van der Waals surface area contributed by atoms with E-state index in [2.05, 4.69) is 52.1 Å². The third kappa shape index (κ3) is 7.50. The maximum absolute atomic E-state index is 6.02. The second kappa shape index (κ2) is 8.25. The molecule has 2 rings (SSSR count). The van der Waals surface area contributed by atoms with Crippen LogP contribution in [0.25, 0.3) is 0 Å². The molecule has 2 aromatic carbocycles. The quantitative estimate of drug-likeness (QED) is 0.633. The van der Waals surface area contributed by atoms with Gasteiger partial charge in [0.15, 0.2) is 0 Å². The van der Waals surface area contributed by atoms with Gasteiger partial charge in [-0.2, -0.15) is 0 Å². The van der Waals surface area contributed by atoms with Crippen LogP contribution in [0.2, 0.25) is 5.02 Å². The van der Waals surface area contributed by atoms with Crippen molar-refractivity contribution in [2.45, 2.75) is 59.7 Å². The van der Waals surface area contributed by atoms with Gasteiger partial charge < -0.3 is 10.1 Å². The number of hydrogen-bond acceptors (Lipinski definition) is 2. The van der Waals surface area contributed by atoms with Crippen molar-refractivity contribution < 1.29 is 4.74 Å². The van der Waals surface area contributed by atoms with E-state index in [9.17, 15) is 0 Å². The summed E-state index contributed by atoms with van der Waals surface area (Å²) in [6.07, 6.45) is 1.12. The summed E-state index contributed by atoms with van der Waals surface area (Å²) in [7, 11) is 0. The molecule has 0 saturated carbocycles. The van der Waals surface area contributed by atoms with Gasteiger partial charge in [0, 0.05) is 17.1 Å². The zero-order valence-electron chi connectivity index (χ0n) is 16.0. The zero-order valence-corrected chi connectivity index (χ0v) is 16.8. The first-order valence-electron chi connectivity index (χ1n) is 8.84. The fourth-order valence-corrected chi connectivity index (χ4v) is 3.48. The second-order valence-electron chi connectivity index (χ2n) is 8.54. The molecule has 2 aromatic rings. The van der Waals surface area contributed by atoms with Crippen LogP contribution in [-0.2, 0) is 13.2 Å². The van der Waals surface area contributed by atoms with E-state index in [1.54, 1.807) is 0 Å². The summed E-state index contributed by atoms with van der Waals surface area (Å²) in [5.74, 6) is 0.882. The molecular weight excluding hydrogens is 330 g/mol. The summed E-state index contributed by atoms with van der Waals surface area (Å²) >= 11 is 6.02. The van der Waals surface area contributed by atoms with E-state index >= 15 is 0 Å². The second-order valence-corrected chi connectivity index (χ2v) is 8.98. The Morgan fingerprint density at radius 1 is 0.920 bits per heavy atom. The lowest BCUT2D eigenvalue weighted by Crippen LogP contribution is -2.41. The van der Waals surface area contributed by atoms with Crippen LogP contribution in [0.15, 0.2) is 48.5 Å². The van der Waals surface area contributed by atoms with Gasteiger partial charge in [-0.1, -0.05) is 56.6 Å². The third-order valence-corrected chi connectivity index (χ3v) is 4.17. The Balaban J connectivity index is 1.92. The number of rotatable bonds is 7. The van der Waals surface area contributed by atoms with Crippen LogP contribution in [0.5, 0.6) is 5.75 Å². The number of ether oxygens (including phenoxy) is 1. The Kier molecular flexibility index (Phi) is 6.53. The molecule has 0 saturated heterocycles. The molecule has 136 valence electrons. The Morgan fingerprint density at radius 2 is 1.60 bits per heavy atom. The van der Waals surface area contributed by atoms with Crippen LogP contribution < -0.4 is 10.1 Å². The van der Waals surface area contributed by atoms with Crippen LogP contribution in [-0.4, -0.2) is 5.54 Å². The maximum Gasteiger partial charge on any atom is 0.120 e. The predicted octanol–water partition coefficient (Wildman–Crippen LogP) is 6.22. The zero-order chi connectivity index (χ0) is 18.5. The highest BCUT2D eigenvalue weighted by atomic mass is 35.5. The maximum atomic E-state index is 6.02. The predicted molar refractivity (Wildman–Crippen MR) is 107 cm³/mol. The van der Waals surface area contributed by atoms with Crippen LogP contribution in [0.1, 0.15) is 52.2 Å². The van der Waals surface area contributed by atoms with Crippen molar-refractivity contribution >= 4 is 11.6 Å². The van der Waals surface area contributed by atoms with E-state index in [0.717, 1.165) is 29.3 Å². The fourth-order valence-electron chi connectivity index (χ4n) is 3.27. The summed E-state index contributed by atoms with van der Waals surface area (Å²) in [5, 5.41) is 4.40. The van der Waals surface area contributed by atoms with E-state index in [0.29, 0.717) is 12.0 Å². The first kappa shape index (κ1) is 19.8. The minimum Gasteiger partial charge on any atom is -0.489 e. The lowest BCUT2D eigenvalue weighted by molar-refractivity contribution is 0.240. The molecule has 3 heteroatoms. The number of nitrogens with one attached hydrogen (secondary N) is 1. The summed E-state index contributed by atoms with van der Waals surface area (Å²) in [6, 6.07) is 16.0. The topological polar surface area (TPSA) is 21.3 Å². The van der Waals surface area contributed by atoms with Gasteiger partial charge in [0.25, 0.3) is 0 Å². The molecule has 0 bridgehead atoms. The molecule has 0 aliphatic rings. The number of benzene rings is 2. The summed E-state index contributed by atoms with van der Waals surface area (Å²) in [6.45, 7) is 12.7. The van der Waals surface area contributed by atoms with Crippen molar-refractivity contribution in [1.82, 2.24) is 5.32 Å². The minimum absolute atomic E-state index is 0.0932. The van der Waals surface area contributed by atoms with Crippen molar-refractivity contribution in [3.63, 3.8) is 0 Å². The highest BCUT2D eigenvalue weighted by Gasteiger charge is 2.24. The van der Waals surface area contributed by atoms with E-state index in [1.807, 2.05) is 36.4 Å². The normalized spacial score (nSPS) is 12.2. The summed E-state index contributed by atoms with van der Waals surface area (Å²) < 4.78 is 5.91. The molecular formula is C22H30ClNO. The highest BCUT2D eigenvalue weighted by Crippen LogP contribution is 2.27. The van der Waals surface area contributed by atoms with Crippen molar-refractivity contribution in [1.29, 1.82) is 0 Å².